The molecule has 1 aromatic carbocycles. The summed E-state index contributed by atoms with van der Waals surface area (Å²) in [6.07, 6.45) is 0. The summed E-state index contributed by atoms with van der Waals surface area (Å²) in [4.78, 5) is 0. The Morgan fingerprint density at radius 3 is 1.62 bits per heavy atom. The highest BCUT2D eigenvalue weighted by atomic mass is 28.2. The van der Waals surface area contributed by atoms with Crippen molar-refractivity contribution in [2.24, 2.45) is 0 Å². The second-order valence-electron chi connectivity index (χ2n) is 6.31. The standard InChI is InChI=1S/C17H27O3Si/c1-9(2)13-12(8-18)16(19-7)15(11(5)6)17(20-21)14(13)10(3)4/h9-11,18H,8H2,1-7H3. The summed E-state index contributed by atoms with van der Waals surface area (Å²) < 4.78 is 11.2. The summed E-state index contributed by atoms with van der Waals surface area (Å²) in [5, 5.41) is 9.92. The first kappa shape index (κ1) is 18.0. The van der Waals surface area contributed by atoms with Gasteiger partial charge in [0.15, 0.2) is 0 Å². The van der Waals surface area contributed by atoms with Gasteiger partial charge in [-0.2, -0.15) is 0 Å². The molecule has 0 fully saturated rings. The van der Waals surface area contributed by atoms with Crippen molar-refractivity contribution in [2.45, 2.75) is 65.9 Å². The zero-order chi connectivity index (χ0) is 16.3. The van der Waals surface area contributed by atoms with E-state index in [-0.39, 0.29) is 18.4 Å². The SMILES string of the molecule is COc1c(CO)c(C(C)C)c(C(C)C)c(O[Si])c1C(C)C. The van der Waals surface area contributed by atoms with E-state index in [9.17, 15) is 5.11 Å². The van der Waals surface area contributed by atoms with Crippen molar-refractivity contribution in [1.82, 2.24) is 0 Å². The molecule has 3 radical (unpaired) electrons. The number of benzene rings is 1. The number of methoxy groups -OCH3 is 1. The van der Waals surface area contributed by atoms with Crippen LogP contribution < -0.4 is 9.16 Å². The Bertz CT molecular complexity index is 494. The maximum Gasteiger partial charge on any atom is 0.341 e. The van der Waals surface area contributed by atoms with Gasteiger partial charge in [-0.1, -0.05) is 41.5 Å². The third-order valence-electron chi connectivity index (χ3n) is 3.82. The fourth-order valence-corrected chi connectivity index (χ4v) is 3.29. The minimum atomic E-state index is -0.0296. The number of aliphatic hydroxyl groups is 1. The maximum atomic E-state index is 9.92. The number of hydrogen-bond acceptors (Lipinski definition) is 3. The lowest BCUT2D eigenvalue weighted by Crippen LogP contribution is -2.13. The molecule has 0 aliphatic rings. The smallest absolute Gasteiger partial charge is 0.341 e. The molecule has 4 heteroatoms. The van der Waals surface area contributed by atoms with Crippen LogP contribution in [0, 0.1) is 0 Å². The molecule has 3 nitrogen and oxygen atoms in total. The van der Waals surface area contributed by atoms with E-state index >= 15 is 0 Å². The van der Waals surface area contributed by atoms with Crippen molar-refractivity contribution in [3.05, 3.63) is 22.3 Å². The maximum absolute atomic E-state index is 9.92. The van der Waals surface area contributed by atoms with Crippen LogP contribution in [0.4, 0.5) is 0 Å². The molecule has 21 heavy (non-hydrogen) atoms. The van der Waals surface area contributed by atoms with Crippen LogP contribution in [-0.4, -0.2) is 22.7 Å². The van der Waals surface area contributed by atoms with Gasteiger partial charge in [0.25, 0.3) is 0 Å². The lowest BCUT2D eigenvalue weighted by atomic mass is 9.81. The van der Waals surface area contributed by atoms with Crippen LogP contribution in [0.1, 0.15) is 81.5 Å². The molecule has 117 valence electrons. The molecule has 0 amide bonds. The zero-order valence-electron chi connectivity index (χ0n) is 14.2. The van der Waals surface area contributed by atoms with E-state index in [0.29, 0.717) is 5.92 Å². The van der Waals surface area contributed by atoms with Gasteiger partial charge >= 0.3 is 10.5 Å². The van der Waals surface area contributed by atoms with E-state index in [1.807, 2.05) is 0 Å². The van der Waals surface area contributed by atoms with E-state index < -0.39 is 0 Å². The van der Waals surface area contributed by atoms with Crippen LogP contribution in [0.15, 0.2) is 0 Å². The summed E-state index contributed by atoms with van der Waals surface area (Å²) in [5.74, 6) is 2.38. The number of rotatable bonds is 6. The number of ether oxygens (including phenoxy) is 1. The molecule has 0 spiro atoms. The quantitative estimate of drug-likeness (QED) is 0.807. The highest BCUT2D eigenvalue weighted by Crippen LogP contribution is 2.47. The molecule has 1 aromatic rings. The van der Waals surface area contributed by atoms with Gasteiger partial charge in [0.1, 0.15) is 11.5 Å². The predicted molar refractivity (Wildman–Crippen MR) is 87.6 cm³/mol. The molecule has 0 atom stereocenters. The largest absolute Gasteiger partial charge is 0.540 e. The van der Waals surface area contributed by atoms with Gasteiger partial charge in [-0.15, -0.1) is 0 Å². The van der Waals surface area contributed by atoms with Crippen molar-refractivity contribution in [3.63, 3.8) is 0 Å². The van der Waals surface area contributed by atoms with Gasteiger partial charge in [-0.3, -0.25) is 0 Å². The highest BCUT2D eigenvalue weighted by molar-refractivity contribution is 6.00. The van der Waals surface area contributed by atoms with Crippen LogP contribution in [0.5, 0.6) is 11.5 Å². The fraction of sp³-hybridized carbons (Fsp3) is 0.647. The first-order valence-corrected chi connectivity index (χ1v) is 7.93. The highest BCUT2D eigenvalue weighted by Gasteiger charge is 2.28. The van der Waals surface area contributed by atoms with Crippen molar-refractivity contribution in [2.75, 3.05) is 7.11 Å². The van der Waals surface area contributed by atoms with Gasteiger partial charge in [-0.25, -0.2) is 0 Å². The Balaban J connectivity index is 3.97. The molecular weight excluding hydrogens is 280 g/mol. The summed E-state index contributed by atoms with van der Waals surface area (Å²) in [5.41, 5.74) is 4.16. The van der Waals surface area contributed by atoms with Crippen LogP contribution in [-0.2, 0) is 6.61 Å². The van der Waals surface area contributed by atoms with E-state index in [1.165, 1.54) is 0 Å². The van der Waals surface area contributed by atoms with Crippen LogP contribution in [0.2, 0.25) is 0 Å². The normalized spacial score (nSPS) is 11.6. The minimum absolute atomic E-state index is 0.0296. The Hall–Kier alpha value is -1.00. The summed E-state index contributed by atoms with van der Waals surface area (Å²) in [6, 6.07) is 0. The molecule has 1 rings (SSSR count). The van der Waals surface area contributed by atoms with Gasteiger partial charge in [-0.05, 0) is 28.9 Å². The molecule has 0 aliphatic heterocycles. The minimum Gasteiger partial charge on any atom is -0.540 e. The van der Waals surface area contributed by atoms with E-state index in [1.54, 1.807) is 7.11 Å². The third kappa shape index (κ3) is 3.27. The average Bonchev–Trinajstić information content (AvgIpc) is 2.42. The van der Waals surface area contributed by atoms with E-state index in [4.69, 9.17) is 9.16 Å². The lowest BCUT2D eigenvalue weighted by Gasteiger charge is -2.29. The first-order valence-electron chi connectivity index (χ1n) is 7.52. The summed E-state index contributed by atoms with van der Waals surface area (Å²) >= 11 is 0. The van der Waals surface area contributed by atoms with Gasteiger partial charge in [0, 0.05) is 11.1 Å². The molecule has 0 bridgehead atoms. The molecule has 0 saturated carbocycles. The average molecular weight is 307 g/mol. The Morgan fingerprint density at radius 2 is 1.33 bits per heavy atom. The Labute approximate surface area is 132 Å². The van der Waals surface area contributed by atoms with Crippen LogP contribution in [0.25, 0.3) is 0 Å². The predicted octanol–water partition coefficient (Wildman–Crippen LogP) is 4.02. The van der Waals surface area contributed by atoms with Crippen LogP contribution >= 0.6 is 0 Å². The topological polar surface area (TPSA) is 38.7 Å². The number of hydrogen-bond donors (Lipinski definition) is 1. The molecule has 0 aromatic heterocycles. The molecule has 0 heterocycles. The van der Waals surface area contributed by atoms with Crippen molar-refractivity contribution in [3.8, 4) is 11.5 Å². The summed E-state index contributed by atoms with van der Waals surface area (Å²) in [6.45, 7) is 12.7. The second-order valence-corrected chi connectivity index (χ2v) is 6.51. The Kier molecular flexibility index (Phi) is 6.29. The van der Waals surface area contributed by atoms with E-state index in [0.717, 1.165) is 33.8 Å². The zero-order valence-corrected chi connectivity index (χ0v) is 15.2. The van der Waals surface area contributed by atoms with E-state index in [2.05, 4.69) is 52.0 Å². The molecule has 0 unspecified atom stereocenters. The fourth-order valence-electron chi connectivity index (χ4n) is 3.08. The monoisotopic (exact) mass is 307 g/mol. The van der Waals surface area contributed by atoms with Crippen LogP contribution in [0.3, 0.4) is 0 Å². The Morgan fingerprint density at radius 1 is 0.857 bits per heavy atom. The molecule has 0 aliphatic carbocycles. The third-order valence-corrected chi connectivity index (χ3v) is 4.02. The van der Waals surface area contributed by atoms with Crippen molar-refractivity contribution in [1.29, 1.82) is 0 Å². The molecule has 0 saturated heterocycles. The first-order chi connectivity index (χ1) is 9.81. The lowest BCUT2D eigenvalue weighted by molar-refractivity contribution is 0.270. The molecular formula is C17H27O3Si. The number of aliphatic hydroxyl groups excluding tert-OH is 1. The van der Waals surface area contributed by atoms with Gasteiger partial charge < -0.3 is 14.3 Å². The summed E-state index contributed by atoms with van der Waals surface area (Å²) in [7, 11) is 4.87. The molecule has 1 N–H and O–H groups in total. The van der Waals surface area contributed by atoms with Crippen molar-refractivity contribution < 1.29 is 14.3 Å². The van der Waals surface area contributed by atoms with Gasteiger partial charge in [0.05, 0.1) is 13.7 Å². The second kappa shape index (κ2) is 7.32. The van der Waals surface area contributed by atoms with Gasteiger partial charge in [0.2, 0.25) is 0 Å². The van der Waals surface area contributed by atoms with Crippen molar-refractivity contribution >= 4 is 10.5 Å².